The van der Waals surface area contributed by atoms with E-state index in [2.05, 4.69) is 0 Å². The Labute approximate surface area is 149 Å². The van der Waals surface area contributed by atoms with Gasteiger partial charge in [0.1, 0.15) is 11.6 Å². The molecule has 1 fully saturated rings. The number of imide groups is 1. The van der Waals surface area contributed by atoms with E-state index in [0.717, 1.165) is 15.7 Å². The minimum Gasteiger partial charge on any atom is -0.402 e. The second-order valence-corrected chi connectivity index (χ2v) is 5.69. The number of anilines is 1. The first kappa shape index (κ1) is 15.6. The zero-order chi connectivity index (χ0) is 18.1. The maximum absolute atomic E-state index is 12.9. The van der Waals surface area contributed by atoms with Crippen molar-refractivity contribution in [3.8, 4) is 6.07 Å². The van der Waals surface area contributed by atoms with Gasteiger partial charge in [-0.2, -0.15) is 5.26 Å². The third-order valence-electron chi connectivity index (χ3n) is 4.18. The van der Waals surface area contributed by atoms with Gasteiger partial charge in [-0.15, -0.1) is 0 Å². The van der Waals surface area contributed by atoms with Gasteiger partial charge in [-0.05, 0) is 17.0 Å². The van der Waals surface area contributed by atoms with Crippen LogP contribution in [0.25, 0.3) is 16.3 Å². The highest BCUT2D eigenvalue weighted by Gasteiger charge is 2.40. The molecule has 0 radical (unpaired) electrons. The summed E-state index contributed by atoms with van der Waals surface area (Å²) in [5, 5.41) is 11.1. The quantitative estimate of drug-likeness (QED) is 0.516. The zero-order valence-electron chi connectivity index (χ0n) is 13.5. The summed E-state index contributed by atoms with van der Waals surface area (Å²) in [7, 11) is 0. The van der Waals surface area contributed by atoms with Crippen molar-refractivity contribution in [2.75, 3.05) is 4.90 Å². The van der Waals surface area contributed by atoms with Gasteiger partial charge in [-0.1, -0.05) is 66.7 Å². The van der Waals surface area contributed by atoms with Crippen molar-refractivity contribution in [3.63, 3.8) is 0 Å². The van der Waals surface area contributed by atoms with E-state index >= 15 is 0 Å². The van der Waals surface area contributed by atoms with E-state index in [1.165, 1.54) is 0 Å². The SMILES string of the molecule is N#C/C(=C1/OC(=O)N(c2cccc3ccccc23)C1=O)c1ccccc1. The monoisotopic (exact) mass is 340 g/mol. The van der Waals surface area contributed by atoms with E-state index in [9.17, 15) is 14.9 Å². The topological polar surface area (TPSA) is 70.4 Å². The molecule has 5 nitrogen and oxygen atoms in total. The third kappa shape index (κ3) is 2.41. The number of nitriles is 1. The first-order chi connectivity index (χ1) is 12.7. The fourth-order valence-corrected chi connectivity index (χ4v) is 2.98. The first-order valence-corrected chi connectivity index (χ1v) is 7.94. The molecule has 0 unspecified atom stereocenters. The lowest BCUT2D eigenvalue weighted by Gasteiger charge is -2.13. The Kier molecular flexibility index (Phi) is 3.71. The highest BCUT2D eigenvalue weighted by Crippen LogP contribution is 2.34. The predicted molar refractivity (Wildman–Crippen MR) is 96.9 cm³/mol. The van der Waals surface area contributed by atoms with Gasteiger partial charge in [-0.25, -0.2) is 9.69 Å². The average Bonchev–Trinajstić information content (AvgIpc) is 2.97. The van der Waals surface area contributed by atoms with Crippen LogP contribution in [0.3, 0.4) is 0 Å². The van der Waals surface area contributed by atoms with E-state index in [0.29, 0.717) is 11.3 Å². The molecule has 0 spiro atoms. The molecule has 0 bridgehead atoms. The third-order valence-corrected chi connectivity index (χ3v) is 4.18. The number of ether oxygens (including phenoxy) is 1. The van der Waals surface area contributed by atoms with Crippen LogP contribution in [0.5, 0.6) is 0 Å². The number of hydrogen-bond acceptors (Lipinski definition) is 4. The number of allylic oxidation sites excluding steroid dienone is 1. The van der Waals surface area contributed by atoms with E-state index in [-0.39, 0.29) is 11.3 Å². The van der Waals surface area contributed by atoms with Crippen molar-refractivity contribution in [1.29, 1.82) is 5.26 Å². The van der Waals surface area contributed by atoms with Gasteiger partial charge >= 0.3 is 12.0 Å². The van der Waals surface area contributed by atoms with Gasteiger partial charge in [0.05, 0.1) is 5.69 Å². The summed E-state index contributed by atoms with van der Waals surface area (Å²) in [6, 6.07) is 23.4. The molecule has 1 saturated heterocycles. The number of benzene rings is 3. The number of amides is 2. The molecule has 2 amide bonds. The molecule has 4 rings (SSSR count). The molecular weight excluding hydrogens is 328 g/mol. The van der Waals surface area contributed by atoms with E-state index in [4.69, 9.17) is 4.74 Å². The van der Waals surface area contributed by atoms with Crippen molar-refractivity contribution in [3.05, 3.63) is 84.1 Å². The number of nitrogens with zero attached hydrogens (tertiary/aromatic N) is 2. The molecule has 0 aliphatic carbocycles. The van der Waals surface area contributed by atoms with Crippen molar-refractivity contribution in [2.45, 2.75) is 0 Å². The number of cyclic esters (lactones) is 1. The van der Waals surface area contributed by atoms with Crippen LogP contribution in [0.2, 0.25) is 0 Å². The maximum atomic E-state index is 12.9. The molecule has 1 aliphatic heterocycles. The number of carbonyl (C=O) groups excluding carboxylic acids is 2. The highest BCUT2D eigenvalue weighted by molar-refractivity contribution is 6.28. The first-order valence-electron chi connectivity index (χ1n) is 7.94. The number of fused-ring (bicyclic) bond motifs is 1. The lowest BCUT2D eigenvalue weighted by Crippen LogP contribution is -2.28. The van der Waals surface area contributed by atoms with E-state index in [1.54, 1.807) is 42.5 Å². The second-order valence-electron chi connectivity index (χ2n) is 5.69. The lowest BCUT2D eigenvalue weighted by atomic mass is 10.1. The van der Waals surface area contributed by atoms with E-state index < -0.39 is 12.0 Å². The highest BCUT2D eigenvalue weighted by atomic mass is 16.6. The molecular formula is C21H12N2O3. The molecule has 0 saturated carbocycles. The minimum absolute atomic E-state index is 0.0340. The van der Waals surface area contributed by atoms with Crippen LogP contribution in [0.4, 0.5) is 10.5 Å². The summed E-state index contributed by atoms with van der Waals surface area (Å²) < 4.78 is 5.19. The Bertz CT molecular complexity index is 1110. The lowest BCUT2D eigenvalue weighted by molar-refractivity contribution is -0.114. The molecule has 0 atom stereocenters. The molecule has 124 valence electrons. The van der Waals surface area contributed by atoms with Crippen molar-refractivity contribution < 1.29 is 14.3 Å². The molecule has 1 heterocycles. The minimum atomic E-state index is -0.815. The van der Waals surface area contributed by atoms with Crippen LogP contribution >= 0.6 is 0 Å². The van der Waals surface area contributed by atoms with Crippen LogP contribution in [0.15, 0.2) is 78.6 Å². The van der Waals surface area contributed by atoms with E-state index in [1.807, 2.05) is 36.4 Å². The summed E-state index contributed by atoms with van der Waals surface area (Å²) in [4.78, 5) is 26.3. The molecule has 1 aliphatic rings. The summed E-state index contributed by atoms with van der Waals surface area (Å²) >= 11 is 0. The molecule has 3 aromatic carbocycles. The van der Waals surface area contributed by atoms with Gasteiger partial charge in [0.15, 0.2) is 0 Å². The predicted octanol–water partition coefficient (Wildman–Crippen LogP) is 4.26. The Morgan fingerprint density at radius 3 is 2.35 bits per heavy atom. The summed E-state index contributed by atoms with van der Waals surface area (Å²) in [5.74, 6) is -0.900. The van der Waals surface area contributed by atoms with Gasteiger partial charge < -0.3 is 4.74 Å². The number of hydrogen-bond donors (Lipinski definition) is 0. The maximum Gasteiger partial charge on any atom is 0.427 e. The number of carbonyl (C=O) groups is 2. The standard InChI is InChI=1S/C21H12N2O3/c22-13-17(15-7-2-1-3-8-15)19-20(24)23(21(25)26-19)18-12-6-10-14-9-4-5-11-16(14)18/h1-12H/b19-17-. The Hall–Kier alpha value is -3.91. The van der Waals surface area contributed by atoms with Crippen LogP contribution in [-0.2, 0) is 9.53 Å². The van der Waals surface area contributed by atoms with Gasteiger partial charge in [0.25, 0.3) is 0 Å². The fraction of sp³-hybridized carbons (Fsp3) is 0. The smallest absolute Gasteiger partial charge is 0.402 e. The molecule has 5 heteroatoms. The Balaban J connectivity index is 1.86. The van der Waals surface area contributed by atoms with Crippen molar-refractivity contribution >= 4 is 34.0 Å². The summed E-state index contributed by atoms with van der Waals surface area (Å²) in [5.41, 5.74) is 0.982. The van der Waals surface area contributed by atoms with Gasteiger partial charge in [0.2, 0.25) is 5.76 Å². The Morgan fingerprint density at radius 2 is 1.58 bits per heavy atom. The fourth-order valence-electron chi connectivity index (χ4n) is 2.98. The van der Waals surface area contributed by atoms with Crippen LogP contribution in [0, 0.1) is 11.3 Å². The van der Waals surface area contributed by atoms with Crippen molar-refractivity contribution in [2.24, 2.45) is 0 Å². The molecule has 26 heavy (non-hydrogen) atoms. The molecule has 3 aromatic rings. The largest absolute Gasteiger partial charge is 0.427 e. The van der Waals surface area contributed by atoms with Crippen LogP contribution in [0.1, 0.15) is 5.56 Å². The number of rotatable bonds is 2. The summed E-state index contributed by atoms with van der Waals surface area (Å²) in [6.07, 6.45) is -0.815. The van der Waals surface area contributed by atoms with Gasteiger partial charge in [0, 0.05) is 5.39 Å². The average molecular weight is 340 g/mol. The van der Waals surface area contributed by atoms with Gasteiger partial charge in [-0.3, -0.25) is 4.79 Å². The molecule has 0 N–H and O–H groups in total. The zero-order valence-corrected chi connectivity index (χ0v) is 13.5. The van der Waals surface area contributed by atoms with Crippen molar-refractivity contribution in [1.82, 2.24) is 0 Å². The Morgan fingerprint density at radius 1 is 0.885 bits per heavy atom. The molecule has 0 aromatic heterocycles. The normalized spacial score (nSPS) is 15.7. The second kappa shape index (κ2) is 6.19. The van der Waals surface area contributed by atoms with Crippen LogP contribution in [-0.4, -0.2) is 12.0 Å². The van der Waals surface area contributed by atoms with Crippen LogP contribution < -0.4 is 4.90 Å². The summed E-state index contributed by atoms with van der Waals surface area (Å²) in [6.45, 7) is 0.